The molecule has 0 aromatic heterocycles. The molecule has 4 heteroatoms. The van der Waals surface area contributed by atoms with E-state index >= 15 is 0 Å². The first-order valence-corrected chi connectivity index (χ1v) is 7.47. The molecule has 0 spiro atoms. The molecule has 0 unspecified atom stereocenters. The zero-order chi connectivity index (χ0) is 12.7. The first-order valence-electron chi connectivity index (χ1n) is 5.02. The molecule has 0 bridgehead atoms. The van der Waals surface area contributed by atoms with Crippen molar-refractivity contribution in [2.24, 2.45) is 0 Å². The minimum absolute atomic E-state index is 0.0501. The van der Waals surface area contributed by atoms with Gasteiger partial charge in [0.1, 0.15) is 0 Å². The number of thioether (sulfide) groups is 2. The Kier molecular flexibility index (Phi) is 5.88. The van der Waals surface area contributed by atoms with Gasteiger partial charge in [0.15, 0.2) is 5.78 Å². The maximum atomic E-state index is 12.3. The average Bonchev–Trinajstić information content (AvgIpc) is 2.39. The fourth-order valence-corrected chi connectivity index (χ4v) is 2.91. The van der Waals surface area contributed by atoms with Crippen LogP contribution in [0.2, 0.25) is 0 Å². The van der Waals surface area contributed by atoms with E-state index in [4.69, 9.17) is 5.26 Å². The summed E-state index contributed by atoms with van der Waals surface area (Å²) in [6, 6.07) is 11.1. The molecule has 1 rings (SSSR count). The number of benzene rings is 1. The summed E-state index contributed by atoms with van der Waals surface area (Å²) in [4.78, 5) is 12.3. The highest BCUT2D eigenvalue weighted by atomic mass is 32.2. The number of carbonyl (C=O) groups excluding carboxylic acids is 1. The van der Waals surface area contributed by atoms with Crippen LogP contribution in [-0.2, 0) is 0 Å². The highest BCUT2D eigenvalue weighted by Gasteiger charge is 2.16. The number of hydrogen-bond acceptors (Lipinski definition) is 4. The number of Topliss-reactive ketones (excluding diaryl/α,β-unsaturated/α-hetero) is 1. The Labute approximate surface area is 110 Å². The summed E-state index contributed by atoms with van der Waals surface area (Å²) in [5.74, 6) is -0.0501. The van der Waals surface area contributed by atoms with Gasteiger partial charge in [-0.3, -0.25) is 4.79 Å². The van der Waals surface area contributed by atoms with Crippen molar-refractivity contribution in [1.82, 2.24) is 0 Å². The lowest BCUT2D eigenvalue weighted by atomic mass is 10.0. The van der Waals surface area contributed by atoms with Crippen LogP contribution in [0.25, 0.3) is 0 Å². The highest BCUT2D eigenvalue weighted by Crippen LogP contribution is 2.30. The molecule has 1 aromatic rings. The molecule has 1 aromatic carbocycles. The fraction of sp³-hybridized carbons (Fsp3) is 0.231. The van der Waals surface area contributed by atoms with Crippen molar-refractivity contribution in [3.63, 3.8) is 0 Å². The second-order valence-electron chi connectivity index (χ2n) is 3.20. The molecule has 0 saturated heterocycles. The predicted octanol–water partition coefficient (Wildman–Crippen LogP) is 3.72. The van der Waals surface area contributed by atoms with E-state index in [0.717, 1.165) is 4.24 Å². The van der Waals surface area contributed by atoms with Crippen LogP contribution in [0.15, 0.2) is 40.1 Å². The summed E-state index contributed by atoms with van der Waals surface area (Å²) in [6.07, 6.45) is 3.99. The van der Waals surface area contributed by atoms with Gasteiger partial charge in [0, 0.05) is 15.4 Å². The molecule has 17 heavy (non-hydrogen) atoms. The maximum absolute atomic E-state index is 12.3. The topological polar surface area (TPSA) is 40.9 Å². The molecule has 0 aliphatic heterocycles. The van der Waals surface area contributed by atoms with E-state index in [-0.39, 0.29) is 12.2 Å². The van der Waals surface area contributed by atoms with Crippen molar-refractivity contribution >= 4 is 29.3 Å². The Hall–Kier alpha value is -1.18. The maximum Gasteiger partial charge on any atom is 0.191 e. The van der Waals surface area contributed by atoms with Crippen molar-refractivity contribution in [1.29, 1.82) is 5.26 Å². The van der Waals surface area contributed by atoms with Gasteiger partial charge in [0.2, 0.25) is 0 Å². The first-order chi connectivity index (χ1) is 8.24. The number of carbonyl (C=O) groups is 1. The predicted molar refractivity (Wildman–Crippen MR) is 75.1 cm³/mol. The molecule has 0 N–H and O–H groups in total. The van der Waals surface area contributed by atoms with Crippen molar-refractivity contribution < 1.29 is 4.79 Å². The smallest absolute Gasteiger partial charge is 0.191 e. The molecule has 0 amide bonds. The molecular formula is C13H13NOS2. The SMILES string of the molecule is CSC(SC)=C(CC#N)C(=O)c1ccccc1. The molecule has 0 heterocycles. The summed E-state index contributed by atoms with van der Waals surface area (Å²) < 4.78 is 0.917. The highest BCUT2D eigenvalue weighted by molar-refractivity contribution is 8.21. The number of rotatable bonds is 5. The van der Waals surface area contributed by atoms with Gasteiger partial charge in [0.25, 0.3) is 0 Å². The zero-order valence-corrected chi connectivity index (χ0v) is 11.4. The van der Waals surface area contributed by atoms with Gasteiger partial charge in [-0.25, -0.2) is 0 Å². The second-order valence-corrected chi connectivity index (χ2v) is 5.10. The molecule has 0 aliphatic rings. The molecule has 88 valence electrons. The number of nitriles is 1. The van der Waals surface area contributed by atoms with E-state index in [2.05, 4.69) is 6.07 Å². The summed E-state index contributed by atoms with van der Waals surface area (Å²) >= 11 is 3.02. The van der Waals surface area contributed by atoms with E-state index in [1.54, 1.807) is 12.1 Å². The Morgan fingerprint density at radius 3 is 2.29 bits per heavy atom. The minimum Gasteiger partial charge on any atom is -0.289 e. The third-order valence-electron chi connectivity index (χ3n) is 2.18. The van der Waals surface area contributed by atoms with E-state index in [1.165, 1.54) is 23.5 Å². The number of allylic oxidation sites excluding steroid dienone is 1. The average molecular weight is 263 g/mol. The van der Waals surface area contributed by atoms with Crippen LogP contribution in [0.5, 0.6) is 0 Å². The Morgan fingerprint density at radius 2 is 1.82 bits per heavy atom. The Bertz CT molecular complexity index is 454. The van der Waals surface area contributed by atoms with Gasteiger partial charge in [-0.05, 0) is 12.5 Å². The lowest BCUT2D eigenvalue weighted by Gasteiger charge is -2.08. The standard InChI is InChI=1S/C13H13NOS2/c1-16-13(17-2)11(8-9-14)12(15)10-6-4-3-5-7-10/h3-7H,8H2,1-2H3. The minimum atomic E-state index is -0.0501. The van der Waals surface area contributed by atoms with E-state index in [1.807, 2.05) is 30.7 Å². The summed E-state index contributed by atoms with van der Waals surface area (Å²) in [5, 5.41) is 8.82. The lowest BCUT2D eigenvalue weighted by molar-refractivity contribution is 0.103. The van der Waals surface area contributed by atoms with Gasteiger partial charge in [-0.1, -0.05) is 30.3 Å². The number of nitrogens with zero attached hydrogens (tertiary/aromatic N) is 1. The van der Waals surface area contributed by atoms with Crippen LogP contribution in [0.4, 0.5) is 0 Å². The van der Waals surface area contributed by atoms with Crippen LogP contribution in [0, 0.1) is 11.3 Å². The summed E-state index contributed by atoms with van der Waals surface area (Å²) in [7, 11) is 0. The summed E-state index contributed by atoms with van der Waals surface area (Å²) in [6.45, 7) is 0. The zero-order valence-electron chi connectivity index (χ0n) is 9.77. The molecule has 0 fully saturated rings. The van der Waals surface area contributed by atoms with Gasteiger partial charge in [-0.2, -0.15) is 5.26 Å². The van der Waals surface area contributed by atoms with Gasteiger partial charge < -0.3 is 0 Å². The monoisotopic (exact) mass is 263 g/mol. The van der Waals surface area contributed by atoms with Gasteiger partial charge >= 0.3 is 0 Å². The molecular weight excluding hydrogens is 250 g/mol. The number of hydrogen-bond donors (Lipinski definition) is 0. The lowest BCUT2D eigenvalue weighted by Crippen LogP contribution is -2.04. The first kappa shape index (κ1) is 13.9. The van der Waals surface area contributed by atoms with Crippen molar-refractivity contribution in [3.8, 4) is 6.07 Å². The Morgan fingerprint density at radius 1 is 1.24 bits per heavy atom. The van der Waals surface area contributed by atoms with Crippen molar-refractivity contribution in [3.05, 3.63) is 45.7 Å². The molecule has 0 atom stereocenters. The van der Waals surface area contributed by atoms with Crippen molar-refractivity contribution in [2.75, 3.05) is 12.5 Å². The van der Waals surface area contributed by atoms with Crippen LogP contribution < -0.4 is 0 Å². The quantitative estimate of drug-likeness (QED) is 0.599. The van der Waals surface area contributed by atoms with Crippen LogP contribution >= 0.6 is 23.5 Å². The van der Waals surface area contributed by atoms with Gasteiger partial charge in [0.05, 0.1) is 12.5 Å². The third-order valence-corrected chi connectivity index (χ3v) is 4.42. The largest absolute Gasteiger partial charge is 0.289 e. The Balaban J connectivity index is 3.14. The third kappa shape index (κ3) is 3.65. The molecule has 0 saturated carbocycles. The van der Waals surface area contributed by atoms with E-state index in [0.29, 0.717) is 11.1 Å². The normalized spacial score (nSPS) is 9.47. The van der Waals surface area contributed by atoms with E-state index in [9.17, 15) is 4.79 Å². The number of ketones is 1. The molecule has 0 aliphatic carbocycles. The van der Waals surface area contributed by atoms with E-state index < -0.39 is 0 Å². The van der Waals surface area contributed by atoms with Gasteiger partial charge in [-0.15, -0.1) is 23.5 Å². The molecule has 0 radical (unpaired) electrons. The van der Waals surface area contributed by atoms with Crippen LogP contribution in [0.3, 0.4) is 0 Å². The summed E-state index contributed by atoms with van der Waals surface area (Å²) in [5.41, 5.74) is 1.23. The van der Waals surface area contributed by atoms with Crippen LogP contribution in [-0.4, -0.2) is 18.3 Å². The van der Waals surface area contributed by atoms with Crippen LogP contribution in [0.1, 0.15) is 16.8 Å². The molecule has 2 nitrogen and oxygen atoms in total. The second kappa shape index (κ2) is 7.21. The fourth-order valence-electron chi connectivity index (χ4n) is 1.42. The van der Waals surface area contributed by atoms with Crippen molar-refractivity contribution in [2.45, 2.75) is 6.42 Å².